The van der Waals surface area contributed by atoms with Crippen LogP contribution in [0.2, 0.25) is 0 Å². The first-order chi connectivity index (χ1) is 32.0. The van der Waals surface area contributed by atoms with Crippen LogP contribution in [0.15, 0.2) is 36.4 Å². The van der Waals surface area contributed by atoms with Crippen LogP contribution in [-0.4, -0.2) is 134 Å². The molecule has 17 nitrogen and oxygen atoms in total. The van der Waals surface area contributed by atoms with Crippen molar-refractivity contribution in [1.29, 1.82) is 0 Å². The van der Waals surface area contributed by atoms with Gasteiger partial charge in [0.15, 0.2) is 46.0 Å². The third-order valence-electron chi connectivity index (χ3n) is 12.1. The molecule has 364 valence electrons. The van der Waals surface area contributed by atoms with Crippen molar-refractivity contribution >= 4 is 28.8 Å². The summed E-state index contributed by atoms with van der Waals surface area (Å²) >= 11 is 0. The minimum Gasteiger partial charge on any atom is -1.00 e. The van der Waals surface area contributed by atoms with E-state index in [0.717, 1.165) is 59.3 Å². The normalized spacial score (nSPS) is 19.4. The van der Waals surface area contributed by atoms with Gasteiger partial charge < -0.3 is 63.4 Å². The second-order valence-electron chi connectivity index (χ2n) is 16.0. The van der Waals surface area contributed by atoms with Gasteiger partial charge in [-0.2, -0.15) is 0 Å². The Kier molecular flexibility index (Phi) is 20.1. The van der Waals surface area contributed by atoms with Gasteiger partial charge in [0, 0.05) is 58.8 Å². The van der Waals surface area contributed by atoms with E-state index in [-0.39, 0.29) is 80.1 Å². The average Bonchev–Trinajstić information content (AvgIpc) is 4.13. The smallest absolute Gasteiger partial charge is 1.00 e. The van der Waals surface area contributed by atoms with Crippen LogP contribution in [0.5, 0.6) is 57.5 Å². The van der Waals surface area contributed by atoms with Crippen LogP contribution in [0.4, 0.5) is 0 Å². The van der Waals surface area contributed by atoms with Gasteiger partial charge in [0.1, 0.15) is 23.3 Å². The molecule has 0 saturated carbocycles. The molecule has 0 fully saturated rings. The van der Waals surface area contributed by atoms with Crippen LogP contribution < -0.4 is 76.9 Å². The van der Waals surface area contributed by atoms with Gasteiger partial charge in [-0.15, -0.1) is 0 Å². The number of hydrogen-bond donors (Lipinski definition) is 1. The number of carbonyl (C=O) groups is 2. The van der Waals surface area contributed by atoms with Crippen molar-refractivity contribution in [2.24, 2.45) is 0 Å². The number of fused-ring (bicyclic) bond motifs is 6. The minimum atomic E-state index is -0.523. The van der Waals surface area contributed by atoms with Crippen LogP contribution in [0.1, 0.15) is 107 Å². The molecule has 6 aliphatic heterocycles. The molecule has 6 heterocycles. The Bertz CT molecular complexity index is 2300. The van der Waals surface area contributed by atoms with Crippen molar-refractivity contribution in [3.63, 3.8) is 0 Å². The Morgan fingerprint density at radius 3 is 1.26 bits per heavy atom. The topological polar surface area (TPSA) is 172 Å². The quantitative estimate of drug-likeness (QED) is 0.201. The molecule has 4 aromatic carbocycles. The fourth-order valence-corrected chi connectivity index (χ4v) is 9.42. The zero-order chi connectivity index (χ0) is 47.4. The van der Waals surface area contributed by atoms with Crippen molar-refractivity contribution in [3.05, 3.63) is 80.9 Å². The number of likely N-dealkylation sites (N-methyl/N-ethyl adjacent to an activating group) is 2. The Labute approximate surface area is 431 Å². The summed E-state index contributed by atoms with van der Waals surface area (Å²) in [5.74, 6) is 4.71. The largest absolute Gasteiger partial charge is 1.00 e. The molecular formula is C49H61B2N2NaO15. The van der Waals surface area contributed by atoms with Gasteiger partial charge in [-0.25, -0.2) is 9.59 Å². The summed E-state index contributed by atoms with van der Waals surface area (Å²) in [4.78, 5) is 30.1. The predicted molar refractivity (Wildman–Crippen MR) is 253 cm³/mol. The predicted octanol–water partition coefficient (Wildman–Crippen LogP) is 3.53. The van der Waals surface area contributed by atoms with Gasteiger partial charge >= 0.3 is 41.5 Å². The summed E-state index contributed by atoms with van der Waals surface area (Å²) < 4.78 is 67.6. The molecule has 0 unspecified atom stereocenters. The van der Waals surface area contributed by atoms with Gasteiger partial charge in [-0.3, -0.25) is 9.80 Å². The Morgan fingerprint density at radius 1 is 0.594 bits per heavy atom. The molecule has 10 rings (SSSR count). The molecular weight excluding hydrogens is 901 g/mol. The number of ether oxygens (including phenoxy) is 12. The van der Waals surface area contributed by atoms with E-state index < -0.39 is 24.1 Å². The molecule has 0 aromatic heterocycles. The third-order valence-corrected chi connectivity index (χ3v) is 12.1. The molecule has 4 atom stereocenters. The van der Waals surface area contributed by atoms with E-state index in [4.69, 9.17) is 61.9 Å². The number of methoxy groups -OCH3 is 6. The number of cyclic esters (lactones) is 2. The van der Waals surface area contributed by atoms with Gasteiger partial charge in [-0.05, 0) is 69.3 Å². The number of hydrogen-bond acceptors (Lipinski definition) is 17. The Balaban J connectivity index is 0.000000317. The van der Waals surface area contributed by atoms with Gasteiger partial charge in [0.25, 0.3) is 0 Å². The fourth-order valence-electron chi connectivity index (χ4n) is 9.42. The number of benzene rings is 4. The summed E-state index contributed by atoms with van der Waals surface area (Å²) in [6.45, 7) is 8.11. The number of nitrogens with zero attached hydrogens (tertiary/aromatic N) is 2. The molecule has 0 amide bonds. The number of esters is 2. The molecule has 1 N–H and O–H groups in total. The SMILES string of the molecule is CCC.CCO.COc1ccc2c(c1OC)C(=O)O[C@@H]2[C@H]1c2c(cc3c(c2OC)OCO3)CCN1C.COc1ccc2c(c1OC)C(=O)O[C@@H]2[C@H]1c2c(cc3c(c2OC)OCO3)CCN1C.[B].[B].[H-].[Na+]. The standard InChI is InChI=1S/2C22H23NO7.C3H8.C2H6O.2B.Na.H/c2*1-23-8-7-11-9-14-20(29-10-28-14)21(27-4)15(11)17(23)18-12-5-6-13(25-2)19(26-3)16(12)22(24)30-18;1-3-2;1-2-3;;;;/h2*5-6,9,17-18H,7-8,10H2,1-4H3;3H2,1-2H3;3H,2H2,1H3;;;;/q;;;;;;+1;-1/t2*17-,18+;;;;;;/m11....../s1. The maximum Gasteiger partial charge on any atom is 1.00 e. The van der Waals surface area contributed by atoms with E-state index in [1.165, 1.54) is 20.6 Å². The molecule has 20 heteroatoms. The van der Waals surface area contributed by atoms with E-state index in [1.54, 1.807) is 47.5 Å². The molecule has 0 saturated heterocycles. The summed E-state index contributed by atoms with van der Waals surface area (Å²) in [6.07, 6.45) is 1.86. The summed E-state index contributed by atoms with van der Waals surface area (Å²) in [5.41, 5.74) is 6.45. The molecule has 69 heavy (non-hydrogen) atoms. The molecule has 4 aromatic rings. The summed E-state index contributed by atoms with van der Waals surface area (Å²) in [6, 6.07) is 10.9. The summed E-state index contributed by atoms with van der Waals surface area (Å²) in [7, 11) is 13.4. The van der Waals surface area contributed by atoms with Gasteiger partial charge in [-0.1, -0.05) is 32.4 Å². The van der Waals surface area contributed by atoms with Crippen molar-refractivity contribution in [1.82, 2.24) is 9.80 Å². The number of aliphatic hydroxyl groups excluding tert-OH is 1. The first kappa shape index (κ1) is 56.4. The van der Waals surface area contributed by atoms with Crippen molar-refractivity contribution in [2.75, 3.05) is 90.0 Å². The van der Waals surface area contributed by atoms with Gasteiger partial charge in [0.05, 0.1) is 54.7 Å². The molecule has 0 aliphatic carbocycles. The first-order valence-electron chi connectivity index (χ1n) is 21.9. The van der Waals surface area contributed by atoms with Crippen molar-refractivity contribution in [3.8, 4) is 57.5 Å². The van der Waals surface area contributed by atoms with Crippen LogP contribution in [0, 0.1) is 0 Å². The number of carbonyl (C=O) groups excluding carboxylic acids is 2. The molecule has 6 radical (unpaired) electrons. The maximum atomic E-state index is 12.9. The van der Waals surface area contributed by atoms with E-state index >= 15 is 0 Å². The second kappa shape index (κ2) is 24.6. The van der Waals surface area contributed by atoms with E-state index in [2.05, 4.69) is 23.6 Å². The van der Waals surface area contributed by atoms with E-state index in [9.17, 15) is 9.59 Å². The Hall–Kier alpha value is -5.17. The van der Waals surface area contributed by atoms with Crippen LogP contribution in [0.25, 0.3) is 0 Å². The monoisotopic (exact) mass is 962 g/mol. The van der Waals surface area contributed by atoms with Crippen LogP contribution >= 0.6 is 0 Å². The molecule has 0 bridgehead atoms. The number of aliphatic hydroxyl groups is 1. The van der Waals surface area contributed by atoms with Crippen LogP contribution in [0.3, 0.4) is 0 Å². The number of rotatable bonds is 8. The molecule has 0 spiro atoms. The van der Waals surface area contributed by atoms with E-state index in [0.29, 0.717) is 68.6 Å². The van der Waals surface area contributed by atoms with Crippen molar-refractivity contribution < 1.29 is 103 Å². The van der Waals surface area contributed by atoms with Crippen molar-refractivity contribution in [2.45, 2.75) is 64.3 Å². The zero-order valence-corrected chi connectivity index (χ0v) is 43.6. The van der Waals surface area contributed by atoms with Gasteiger partial charge in [0.2, 0.25) is 25.1 Å². The fraction of sp³-hybridized carbons (Fsp3) is 0.469. The van der Waals surface area contributed by atoms with Crippen LogP contribution in [-0.2, 0) is 22.3 Å². The third kappa shape index (κ3) is 10.2. The average molecular weight is 963 g/mol. The zero-order valence-electron chi connectivity index (χ0n) is 42.6. The second-order valence-corrected chi connectivity index (χ2v) is 16.0. The maximum absolute atomic E-state index is 12.9. The molecule has 6 aliphatic rings. The summed E-state index contributed by atoms with van der Waals surface area (Å²) in [5, 5.41) is 7.57. The van der Waals surface area contributed by atoms with E-state index in [1.807, 2.05) is 38.4 Å². The first-order valence-corrected chi connectivity index (χ1v) is 21.9. The minimum absolute atomic E-state index is 0. The Morgan fingerprint density at radius 2 is 0.942 bits per heavy atom.